The van der Waals surface area contributed by atoms with Crippen molar-refractivity contribution < 1.29 is 13.3 Å². The lowest BCUT2D eigenvalue weighted by molar-refractivity contribution is 0.632. The van der Waals surface area contributed by atoms with Crippen LogP contribution in [0.3, 0.4) is 0 Å². The van der Waals surface area contributed by atoms with Crippen molar-refractivity contribution in [3.05, 3.63) is 182 Å². The van der Waals surface area contributed by atoms with Gasteiger partial charge in [0.1, 0.15) is 33.7 Å². The van der Waals surface area contributed by atoms with Gasteiger partial charge in [0.15, 0.2) is 0 Å². The van der Waals surface area contributed by atoms with E-state index in [9.17, 15) is 0 Å². The lowest BCUT2D eigenvalue weighted by Crippen LogP contribution is -1.91. The molecule has 0 saturated heterocycles. The molecule has 3 heterocycles. The van der Waals surface area contributed by atoms with Crippen LogP contribution in [0.4, 0.5) is 0 Å². The normalized spacial score (nSPS) is 12.0. The molecule has 0 bridgehead atoms. The van der Waals surface area contributed by atoms with Gasteiger partial charge in [0.25, 0.3) is 0 Å². The predicted molar refractivity (Wildman–Crippen MR) is 228 cm³/mol. The number of para-hydroxylation sites is 1. The minimum Gasteiger partial charge on any atom is -0.456 e. The van der Waals surface area contributed by atoms with E-state index in [1.54, 1.807) is 0 Å². The molecule has 12 rings (SSSR count). The molecular formula is C52H30O3. The first kappa shape index (κ1) is 30.1. The number of fused-ring (bicyclic) bond motifs is 9. The van der Waals surface area contributed by atoms with Crippen molar-refractivity contribution in [3.8, 4) is 44.7 Å². The molecule has 0 amide bonds. The molecule has 55 heavy (non-hydrogen) atoms. The summed E-state index contributed by atoms with van der Waals surface area (Å²) in [6, 6.07) is 64.0. The van der Waals surface area contributed by atoms with Crippen LogP contribution in [0.5, 0.6) is 0 Å². The van der Waals surface area contributed by atoms with Crippen LogP contribution in [-0.4, -0.2) is 0 Å². The Labute approximate surface area is 315 Å². The third-order valence-corrected chi connectivity index (χ3v) is 11.3. The van der Waals surface area contributed by atoms with E-state index < -0.39 is 0 Å². The molecule has 12 aromatic rings. The summed E-state index contributed by atoms with van der Waals surface area (Å²) < 4.78 is 20.0. The van der Waals surface area contributed by atoms with Crippen LogP contribution >= 0.6 is 0 Å². The van der Waals surface area contributed by atoms with Crippen molar-refractivity contribution in [1.82, 2.24) is 0 Å². The van der Waals surface area contributed by atoms with Gasteiger partial charge in [-0.2, -0.15) is 0 Å². The molecule has 0 aliphatic rings. The second-order valence-electron chi connectivity index (χ2n) is 14.3. The standard InChI is InChI=1S/C52H30O3/c1-3-15-31(16-4-1)47-40-29-45-41(30-46(40)55-52(47)32-17-5-2-6-18-32)51-39(25-14-28-44(51)54-45)49-35-21-9-7-19-33(35)48(34-20-8-10-22-36(34)49)38-24-13-27-43-50(38)37-23-11-12-26-42(37)53-43/h1-30H. The fraction of sp³-hybridized carbons (Fsp3) is 0. The molecule has 9 aromatic carbocycles. The first-order valence-corrected chi connectivity index (χ1v) is 18.7. The lowest BCUT2D eigenvalue weighted by Gasteiger charge is -2.18. The second kappa shape index (κ2) is 11.6. The molecule has 256 valence electrons. The Kier molecular flexibility index (Phi) is 6.34. The van der Waals surface area contributed by atoms with E-state index in [-0.39, 0.29) is 0 Å². The lowest BCUT2D eigenvalue weighted by atomic mass is 9.84. The third-order valence-electron chi connectivity index (χ3n) is 11.3. The van der Waals surface area contributed by atoms with Crippen LogP contribution in [0.25, 0.3) is 121 Å². The maximum absolute atomic E-state index is 6.83. The van der Waals surface area contributed by atoms with Crippen molar-refractivity contribution in [1.29, 1.82) is 0 Å². The Morgan fingerprint density at radius 1 is 0.255 bits per heavy atom. The fourth-order valence-corrected chi connectivity index (χ4v) is 9.00. The summed E-state index contributed by atoms with van der Waals surface area (Å²) in [7, 11) is 0. The molecule has 0 atom stereocenters. The monoisotopic (exact) mass is 702 g/mol. The van der Waals surface area contributed by atoms with Crippen LogP contribution < -0.4 is 0 Å². The van der Waals surface area contributed by atoms with Crippen molar-refractivity contribution in [2.24, 2.45) is 0 Å². The van der Waals surface area contributed by atoms with Crippen molar-refractivity contribution in [2.45, 2.75) is 0 Å². The number of furan rings is 3. The zero-order valence-corrected chi connectivity index (χ0v) is 29.5. The largest absolute Gasteiger partial charge is 0.456 e. The quantitative estimate of drug-likeness (QED) is 0.171. The summed E-state index contributed by atoms with van der Waals surface area (Å²) in [5.41, 5.74) is 12.2. The first-order chi connectivity index (χ1) is 27.3. The van der Waals surface area contributed by atoms with Gasteiger partial charge in [-0.05, 0) is 79.7 Å². The van der Waals surface area contributed by atoms with Crippen LogP contribution in [0.15, 0.2) is 195 Å². The first-order valence-electron chi connectivity index (χ1n) is 18.7. The molecule has 0 saturated carbocycles. The summed E-state index contributed by atoms with van der Waals surface area (Å²) in [6.45, 7) is 0. The summed E-state index contributed by atoms with van der Waals surface area (Å²) in [4.78, 5) is 0. The molecule has 0 aliphatic heterocycles. The van der Waals surface area contributed by atoms with E-state index in [4.69, 9.17) is 13.3 Å². The SMILES string of the molecule is c1ccc(-c2oc3cc4c(cc3c2-c2ccccc2)oc2cccc(-c3c5ccccc5c(-c5cccc6oc7ccccc7c56)c5ccccc35)c24)cc1. The number of benzene rings is 9. The highest BCUT2D eigenvalue weighted by Gasteiger charge is 2.24. The minimum atomic E-state index is 0.827. The zero-order chi connectivity index (χ0) is 36.0. The maximum atomic E-state index is 6.83. The van der Waals surface area contributed by atoms with Gasteiger partial charge in [0.05, 0.1) is 0 Å². The summed E-state index contributed by atoms with van der Waals surface area (Å²) in [5.74, 6) is 0.854. The van der Waals surface area contributed by atoms with Gasteiger partial charge in [-0.1, -0.05) is 152 Å². The van der Waals surface area contributed by atoms with Gasteiger partial charge in [0.2, 0.25) is 0 Å². The number of hydrogen-bond donors (Lipinski definition) is 0. The highest BCUT2D eigenvalue weighted by Crippen LogP contribution is 2.50. The summed E-state index contributed by atoms with van der Waals surface area (Å²) >= 11 is 0. The topological polar surface area (TPSA) is 39.4 Å². The van der Waals surface area contributed by atoms with E-state index >= 15 is 0 Å². The van der Waals surface area contributed by atoms with Gasteiger partial charge in [-0.3, -0.25) is 0 Å². The molecule has 3 nitrogen and oxygen atoms in total. The highest BCUT2D eigenvalue weighted by atomic mass is 16.3. The Morgan fingerprint density at radius 2 is 0.691 bits per heavy atom. The number of hydrogen-bond acceptors (Lipinski definition) is 3. The molecule has 3 aromatic heterocycles. The fourth-order valence-electron chi connectivity index (χ4n) is 9.00. The summed E-state index contributed by atoms with van der Waals surface area (Å²) in [5, 5.41) is 10.1. The second-order valence-corrected chi connectivity index (χ2v) is 14.3. The smallest absolute Gasteiger partial charge is 0.143 e. The zero-order valence-electron chi connectivity index (χ0n) is 29.5. The van der Waals surface area contributed by atoms with Crippen LogP contribution in [0.1, 0.15) is 0 Å². The molecule has 0 spiro atoms. The van der Waals surface area contributed by atoms with Crippen LogP contribution in [0, 0.1) is 0 Å². The molecule has 0 unspecified atom stereocenters. The van der Waals surface area contributed by atoms with E-state index in [2.05, 4.69) is 164 Å². The van der Waals surface area contributed by atoms with Crippen molar-refractivity contribution >= 4 is 76.4 Å². The van der Waals surface area contributed by atoms with Gasteiger partial charge >= 0.3 is 0 Å². The highest BCUT2D eigenvalue weighted by molar-refractivity contribution is 6.28. The Balaban J connectivity index is 1.17. The molecule has 0 aliphatic carbocycles. The van der Waals surface area contributed by atoms with Gasteiger partial charge < -0.3 is 13.3 Å². The van der Waals surface area contributed by atoms with Crippen molar-refractivity contribution in [3.63, 3.8) is 0 Å². The molecule has 0 N–H and O–H groups in total. The van der Waals surface area contributed by atoms with Gasteiger partial charge in [-0.25, -0.2) is 0 Å². The van der Waals surface area contributed by atoms with E-state index in [1.165, 1.54) is 32.7 Å². The van der Waals surface area contributed by atoms with Crippen LogP contribution in [0.2, 0.25) is 0 Å². The van der Waals surface area contributed by atoms with Crippen molar-refractivity contribution in [2.75, 3.05) is 0 Å². The van der Waals surface area contributed by atoms with Crippen LogP contribution in [-0.2, 0) is 0 Å². The van der Waals surface area contributed by atoms with E-state index in [0.29, 0.717) is 0 Å². The predicted octanol–water partition coefficient (Wildman–Crippen LogP) is 15.2. The van der Waals surface area contributed by atoms with E-state index in [1.807, 2.05) is 18.2 Å². The minimum absolute atomic E-state index is 0.827. The Bertz CT molecular complexity index is 3420. The Morgan fingerprint density at radius 3 is 1.29 bits per heavy atom. The molecular weight excluding hydrogens is 673 g/mol. The van der Waals surface area contributed by atoms with E-state index in [0.717, 1.165) is 88.4 Å². The number of rotatable bonds is 4. The molecule has 0 radical (unpaired) electrons. The average molecular weight is 703 g/mol. The molecule has 0 fully saturated rings. The Hall–Kier alpha value is -7.36. The third kappa shape index (κ3) is 4.38. The molecule has 3 heteroatoms. The average Bonchev–Trinajstić information content (AvgIpc) is 3.93. The maximum Gasteiger partial charge on any atom is 0.143 e. The van der Waals surface area contributed by atoms with Gasteiger partial charge in [-0.15, -0.1) is 0 Å². The summed E-state index contributed by atoms with van der Waals surface area (Å²) in [6.07, 6.45) is 0. The van der Waals surface area contributed by atoms with Gasteiger partial charge in [0, 0.05) is 38.1 Å².